The van der Waals surface area contributed by atoms with Crippen LogP contribution in [0.15, 0.2) is 66.9 Å². The summed E-state index contributed by atoms with van der Waals surface area (Å²) in [6, 6.07) is 20.2. The molecule has 0 radical (unpaired) electrons. The Kier molecular flexibility index (Phi) is 3.56. The van der Waals surface area contributed by atoms with Gasteiger partial charge in [0, 0.05) is 24.5 Å². The summed E-state index contributed by atoms with van der Waals surface area (Å²) in [4.78, 5) is 14.3. The molecule has 0 spiro atoms. The first-order valence-corrected chi connectivity index (χ1v) is 6.84. The summed E-state index contributed by atoms with van der Waals surface area (Å²) in [6.07, 6.45) is 2.00. The third-order valence-electron chi connectivity index (χ3n) is 3.31. The van der Waals surface area contributed by atoms with Gasteiger partial charge < -0.3 is 10.3 Å². The van der Waals surface area contributed by atoms with Crippen molar-refractivity contribution in [1.82, 2.24) is 4.98 Å². The van der Waals surface area contributed by atoms with Crippen LogP contribution in [0.4, 0.5) is 5.69 Å². The lowest BCUT2D eigenvalue weighted by Gasteiger charge is -2.03. The van der Waals surface area contributed by atoms with Gasteiger partial charge in [0.2, 0.25) is 5.91 Å². The normalized spacial score (nSPS) is 10.3. The van der Waals surface area contributed by atoms with Crippen LogP contribution in [0, 0.1) is 0 Å². The Labute approximate surface area is 123 Å². The Morgan fingerprint density at radius 1 is 0.905 bits per heavy atom. The molecule has 2 N–H and O–H groups in total. The second-order valence-corrected chi connectivity index (χ2v) is 4.93. The number of hydrogen-bond donors (Lipinski definition) is 2. The fraction of sp³-hybridized carbons (Fsp3) is 0.0556. The Balaban J connectivity index is 1.85. The highest BCUT2D eigenvalue weighted by atomic mass is 16.1. The number of anilines is 1. The monoisotopic (exact) mass is 276 g/mol. The summed E-state index contributed by atoms with van der Waals surface area (Å²) >= 11 is 0. The van der Waals surface area contributed by atoms with Gasteiger partial charge in [-0.2, -0.15) is 0 Å². The van der Waals surface area contributed by atoms with Crippen molar-refractivity contribution >= 4 is 11.6 Å². The van der Waals surface area contributed by atoms with E-state index in [1.165, 1.54) is 12.5 Å². The van der Waals surface area contributed by atoms with Crippen LogP contribution in [0.25, 0.3) is 22.4 Å². The lowest BCUT2D eigenvalue weighted by atomic mass is 10.1. The molecule has 1 aromatic heterocycles. The number of carbonyl (C=O) groups excluding carboxylic acids is 1. The number of aromatic amines is 1. The van der Waals surface area contributed by atoms with Crippen LogP contribution in [-0.4, -0.2) is 10.9 Å². The van der Waals surface area contributed by atoms with Crippen molar-refractivity contribution in [2.24, 2.45) is 0 Å². The first-order chi connectivity index (χ1) is 10.2. The van der Waals surface area contributed by atoms with Crippen molar-refractivity contribution in [2.75, 3.05) is 5.32 Å². The number of amides is 1. The van der Waals surface area contributed by atoms with Crippen LogP contribution < -0.4 is 5.32 Å². The second-order valence-electron chi connectivity index (χ2n) is 4.93. The summed E-state index contributed by atoms with van der Waals surface area (Å²) in [7, 11) is 0. The summed E-state index contributed by atoms with van der Waals surface area (Å²) in [5, 5.41) is 2.77. The van der Waals surface area contributed by atoms with Crippen molar-refractivity contribution < 1.29 is 4.79 Å². The minimum atomic E-state index is -0.0595. The molecule has 0 aliphatic rings. The number of rotatable bonds is 3. The van der Waals surface area contributed by atoms with E-state index in [1.807, 2.05) is 48.7 Å². The summed E-state index contributed by atoms with van der Waals surface area (Å²) in [6.45, 7) is 1.51. The van der Waals surface area contributed by atoms with Crippen LogP contribution in [-0.2, 0) is 4.79 Å². The molecule has 0 fully saturated rings. The zero-order valence-electron chi connectivity index (χ0n) is 11.8. The highest BCUT2D eigenvalue weighted by molar-refractivity contribution is 5.89. The Morgan fingerprint density at radius 3 is 2.29 bits per heavy atom. The second kappa shape index (κ2) is 5.67. The van der Waals surface area contributed by atoms with Crippen molar-refractivity contribution in [3.63, 3.8) is 0 Å². The predicted molar refractivity (Wildman–Crippen MR) is 86.0 cm³/mol. The van der Waals surface area contributed by atoms with Gasteiger partial charge in [0.15, 0.2) is 0 Å². The molecule has 3 aromatic rings. The van der Waals surface area contributed by atoms with Gasteiger partial charge in [-0.05, 0) is 34.9 Å². The Bertz CT molecular complexity index is 742. The van der Waals surface area contributed by atoms with Gasteiger partial charge in [-0.1, -0.05) is 42.5 Å². The van der Waals surface area contributed by atoms with Gasteiger partial charge in [0.1, 0.15) is 0 Å². The largest absolute Gasteiger partial charge is 0.361 e. The fourth-order valence-electron chi connectivity index (χ4n) is 2.29. The highest BCUT2D eigenvalue weighted by Gasteiger charge is 2.04. The van der Waals surface area contributed by atoms with Gasteiger partial charge in [-0.3, -0.25) is 4.79 Å². The van der Waals surface area contributed by atoms with Gasteiger partial charge in [-0.15, -0.1) is 0 Å². The lowest BCUT2D eigenvalue weighted by Crippen LogP contribution is -2.05. The number of hydrogen-bond acceptors (Lipinski definition) is 1. The molecule has 3 heteroatoms. The summed E-state index contributed by atoms with van der Waals surface area (Å²) in [5.41, 5.74) is 5.31. The lowest BCUT2D eigenvalue weighted by molar-refractivity contribution is -0.114. The minimum absolute atomic E-state index is 0.0595. The van der Waals surface area contributed by atoms with Crippen molar-refractivity contribution in [3.8, 4) is 22.4 Å². The van der Waals surface area contributed by atoms with E-state index < -0.39 is 0 Å². The summed E-state index contributed by atoms with van der Waals surface area (Å²) in [5.74, 6) is -0.0595. The van der Waals surface area contributed by atoms with Crippen molar-refractivity contribution in [1.29, 1.82) is 0 Å². The van der Waals surface area contributed by atoms with E-state index in [1.54, 1.807) is 0 Å². The Hall–Kier alpha value is -2.81. The van der Waals surface area contributed by atoms with E-state index in [0.29, 0.717) is 0 Å². The molecule has 104 valence electrons. The average Bonchev–Trinajstić information content (AvgIpc) is 2.98. The number of nitrogens with one attached hydrogen (secondary N) is 2. The van der Waals surface area contributed by atoms with E-state index in [0.717, 1.165) is 22.5 Å². The number of carbonyl (C=O) groups is 1. The molecule has 3 rings (SSSR count). The van der Waals surface area contributed by atoms with E-state index in [4.69, 9.17) is 0 Å². The number of aromatic nitrogens is 1. The predicted octanol–water partition coefficient (Wildman–Crippen LogP) is 4.31. The maximum absolute atomic E-state index is 11.0. The molecule has 0 aliphatic heterocycles. The van der Waals surface area contributed by atoms with Crippen molar-refractivity contribution in [3.05, 3.63) is 66.9 Å². The van der Waals surface area contributed by atoms with E-state index >= 15 is 0 Å². The van der Waals surface area contributed by atoms with E-state index in [9.17, 15) is 4.79 Å². The fourth-order valence-corrected chi connectivity index (χ4v) is 2.29. The van der Waals surface area contributed by atoms with Crippen LogP contribution in [0.3, 0.4) is 0 Å². The van der Waals surface area contributed by atoms with E-state index in [2.05, 4.69) is 28.5 Å². The zero-order valence-corrected chi connectivity index (χ0v) is 11.8. The SMILES string of the molecule is CC(=O)Nc1ccc(-c2c[nH]c(-c3ccccc3)c2)cc1. The molecule has 0 saturated heterocycles. The first kappa shape index (κ1) is 13.2. The van der Waals surface area contributed by atoms with Crippen LogP contribution in [0.5, 0.6) is 0 Å². The number of H-pyrrole nitrogens is 1. The molecule has 2 aromatic carbocycles. The third-order valence-corrected chi connectivity index (χ3v) is 3.31. The van der Waals surface area contributed by atoms with Crippen molar-refractivity contribution in [2.45, 2.75) is 6.92 Å². The van der Waals surface area contributed by atoms with Crippen LogP contribution in [0.1, 0.15) is 6.92 Å². The zero-order chi connectivity index (χ0) is 14.7. The maximum Gasteiger partial charge on any atom is 0.221 e. The number of benzene rings is 2. The topological polar surface area (TPSA) is 44.9 Å². The molecule has 0 aliphatic carbocycles. The average molecular weight is 276 g/mol. The van der Waals surface area contributed by atoms with Gasteiger partial charge in [-0.25, -0.2) is 0 Å². The molecular formula is C18H16N2O. The standard InChI is InChI=1S/C18H16N2O/c1-13(21)20-17-9-7-14(8-10-17)16-11-18(19-12-16)15-5-3-2-4-6-15/h2-12,19H,1H3,(H,20,21). The third kappa shape index (κ3) is 3.03. The maximum atomic E-state index is 11.0. The minimum Gasteiger partial charge on any atom is -0.361 e. The Morgan fingerprint density at radius 2 is 1.62 bits per heavy atom. The van der Waals surface area contributed by atoms with Crippen LogP contribution in [0.2, 0.25) is 0 Å². The highest BCUT2D eigenvalue weighted by Crippen LogP contribution is 2.26. The molecule has 1 heterocycles. The molecule has 1 amide bonds. The molecule has 0 bridgehead atoms. The molecule has 0 saturated carbocycles. The van der Waals surface area contributed by atoms with Crippen LogP contribution >= 0.6 is 0 Å². The first-order valence-electron chi connectivity index (χ1n) is 6.84. The molecule has 3 nitrogen and oxygen atoms in total. The van der Waals surface area contributed by atoms with Gasteiger partial charge in [0.25, 0.3) is 0 Å². The molecule has 0 atom stereocenters. The molecule has 21 heavy (non-hydrogen) atoms. The van der Waals surface area contributed by atoms with Gasteiger partial charge >= 0.3 is 0 Å². The smallest absolute Gasteiger partial charge is 0.221 e. The molecule has 0 unspecified atom stereocenters. The van der Waals surface area contributed by atoms with Gasteiger partial charge in [0.05, 0.1) is 0 Å². The van der Waals surface area contributed by atoms with E-state index in [-0.39, 0.29) is 5.91 Å². The quantitative estimate of drug-likeness (QED) is 0.735. The molecular weight excluding hydrogens is 260 g/mol. The summed E-state index contributed by atoms with van der Waals surface area (Å²) < 4.78 is 0.